The summed E-state index contributed by atoms with van der Waals surface area (Å²) in [5.74, 6) is -1.42. The Labute approximate surface area is 132 Å². The van der Waals surface area contributed by atoms with Crippen LogP contribution in [0.1, 0.15) is 17.3 Å². The number of rotatable bonds is 9. The highest BCUT2D eigenvalue weighted by Crippen LogP contribution is 2.12. The largest absolute Gasteiger partial charge is 0.465 e. The van der Waals surface area contributed by atoms with Gasteiger partial charge in [-0.1, -0.05) is 30.3 Å². The van der Waals surface area contributed by atoms with Gasteiger partial charge in [-0.2, -0.15) is 0 Å². The Balaban J connectivity index is 2.80. The molecule has 1 aromatic carbocycles. The Bertz CT molecular complexity index is 474. The smallest absolute Gasteiger partial charge is 0.318 e. The molecule has 0 spiro atoms. The maximum Gasteiger partial charge on any atom is 0.318 e. The van der Waals surface area contributed by atoms with E-state index in [1.54, 1.807) is 31.2 Å². The van der Waals surface area contributed by atoms with Crippen molar-refractivity contribution in [2.45, 2.75) is 6.92 Å². The number of benzene rings is 1. The first kappa shape index (κ1) is 18.3. The van der Waals surface area contributed by atoms with Crippen molar-refractivity contribution in [1.82, 2.24) is 9.80 Å². The molecule has 0 heterocycles. The molecular formula is C17H26N2O3. The molecule has 5 nitrogen and oxygen atoms in total. The lowest BCUT2D eigenvalue weighted by Crippen LogP contribution is -2.39. The Morgan fingerprint density at radius 1 is 1.09 bits per heavy atom. The average molecular weight is 306 g/mol. The number of likely N-dealkylation sites (N-methyl/N-ethyl adjacent to an activating group) is 2. The number of hydrogen-bond acceptors (Lipinski definition) is 5. The van der Waals surface area contributed by atoms with Gasteiger partial charge in [0.25, 0.3) is 0 Å². The third-order valence-electron chi connectivity index (χ3n) is 3.37. The number of esters is 1. The van der Waals surface area contributed by atoms with Crippen LogP contribution in [0.15, 0.2) is 30.3 Å². The van der Waals surface area contributed by atoms with Crippen molar-refractivity contribution in [2.24, 2.45) is 5.92 Å². The molecule has 0 aliphatic heterocycles. The standard InChI is InChI=1S/C17H26N2O3/c1-5-22-17(21)15(13-19(4)12-11-18(2)3)16(20)14-9-7-6-8-10-14/h6-10,15H,5,11-13H2,1-4H3. The van der Waals surface area contributed by atoms with Crippen LogP contribution in [-0.4, -0.2) is 68.9 Å². The van der Waals surface area contributed by atoms with Crippen LogP contribution in [0.2, 0.25) is 0 Å². The molecule has 0 amide bonds. The summed E-state index contributed by atoms with van der Waals surface area (Å²) in [4.78, 5) is 28.8. The second kappa shape index (κ2) is 9.33. The fourth-order valence-corrected chi connectivity index (χ4v) is 2.08. The van der Waals surface area contributed by atoms with Crippen molar-refractivity contribution < 1.29 is 14.3 Å². The van der Waals surface area contributed by atoms with E-state index in [4.69, 9.17) is 4.74 Å². The maximum atomic E-state index is 12.6. The zero-order valence-corrected chi connectivity index (χ0v) is 13.9. The van der Waals surface area contributed by atoms with Crippen LogP contribution in [0.25, 0.3) is 0 Å². The molecular weight excluding hydrogens is 280 g/mol. The van der Waals surface area contributed by atoms with Gasteiger partial charge in [-0.05, 0) is 28.1 Å². The molecule has 0 N–H and O–H groups in total. The van der Waals surface area contributed by atoms with Gasteiger partial charge in [-0.25, -0.2) is 0 Å². The third-order valence-corrected chi connectivity index (χ3v) is 3.37. The summed E-state index contributed by atoms with van der Waals surface area (Å²) in [7, 11) is 5.89. The summed E-state index contributed by atoms with van der Waals surface area (Å²) in [5.41, 5.74) is 0.543. The van der Waals surface area contributed by atoms with Crippen molar-refractivity contribution in [2.75, 3.05) is 47.4 Å². The second-order valence-corrected chi connectivity index (χ2v) is 5.60. The minimum Gasteiger partial charge on any atom is -0.465 e. The molecule has 5 heteroatoms. The van der Waals surface area contributed by atoms with E-state index in [0.717, 1.165) is 13.1 Å². The van der Waals surface area contributed by atoms with Gasteiger partial charge in [0, 0.05) is 25.2 Å². The molecule has 1 atom stereocenters. The minimum atomic E-state index is -0.783. The Kier molecular flexibility index (Phi) is 7.77. The molecule has 0 bridgehead atoms. The van der Waals surface area contributed by atoms with E-state index in [2.05, 4.69) is 4.90 Å². The lowest BCUT2D eigenvalue weighted by atomic mass is 9.97. The van der Waals surface area contributed by atoms with E-state index >= 15 is 0 Å². The molecule has 0 radical (unpaired) electrons. The van der Waals surface area contributed by atoms with Crippen LogP contribution in [0.4, 0.5) is 0 Å². The molecule has 0 aliphatic rings. The maximum absolute atomic E-state index is 12.6. The zero-order chi connectivity index (χ0) is 16.5. The number of carbonyl (C=O) groups is 2. The van der Waals surface area contributed by atoms with Gasteiger partial charge in [0.1, 0.15) is 5.92 Å². The van der Waals surface area contributed by atoms with Crippen LogP contribution < -0.4 is 0 Å². The van der Waals surface area contributed by atoms with Crippen LogP contribution in [0.3, 0.4) is 0 Å². The van der Waals surface area contributed by atoms with Crippen LogP contribution >= 0.6 is 0 Å². The SMILES string of the molecule is CCOC(=O)C(CN(C)CCN(C)C)C(=O)c1ccccc1. The molecule has 0 aliphatic carbocycles. The van der Waals surface area contributed by atoms with Crippen LogP contribution in [0.5, 0.6) is 0 Å². The molecule has 122 valence electrons. The molecule has 1 aromatic rings. The second-order valence-electron chi connectivity index (χ2n) is 5.60. The van der Waals surface area contributed by atoms with Crippen molar-refractivity contribution in [3.8, 4) is 0 Å². The van der Waals surface area contributed by atoms with E-state index in [9.17, 15) is 9.59 Å². The Hall–Kier alpha value is -1.72. The van der Waals surface area contributed by atoms with Gasteiger partial charge < -0.3 is 14.5 Å². The Morgan fingerprint density at radius 3 is 2.27 bits per heavy atom. The van der Waals surface area contributed by atoms with E-state index in [1.165, 1.54) is 0 Å². The van der Waals surface area contributed by atoms with Gasteiger partial charge in [0.2, 0.25) is 0 Å². The topological polar surface area (TPSA) is 49.9 Å². The average Bonchev–Trinajstić information content (AvgIpc) is 2.51. The fourth-order valence-electron chi connectivity index (χ4n) is 2.08. The summed E-state index contributed by atoms with van der Waals surface area (Å²) in [6, 6.07) is 8.90. The highest BCUT2D eigenvalue weighted by Gasteiger charge is 2.30. The first-order valence-electron chi connectivity index (χ1n) is 7.54. The number of ketones is 1. The monoisotopic (exact) mass is 306 g/mol. The molecule has 0 saturated heterocycles. The Morgan fingerprint density at radius 2 is 1.73 bits per heavy atom. The van der Waals surface area contributed by atoms with E-state index in [-0.39, 0.29) is 12.4 Å². The summed E-state index contributed by atoms with van der Waals surface area (Å²) in [6.07, 6.45) is 0. The van der Waals surface area contributed by atoms with Gasteiger partial charge in [0.15, 0.2) is 5.78 Å². The van der Waals surface area contributed by atoms with Gasteiger partial charge in [-0.3, -0.25) is 9.59 Å². The molecule has 0 fully saturated rings. The predicted octanol–water partition coefficient (Wildman–Crippen LogP) is 1.54. The normalized spacial score (nSPS) is 12.5. The first-order chi connectivity index (χ1) is 10.5. The van der Waals surface area contributed by atoms with Crippen molar-refractivity contribution in [3.05, 3.63) is 35.9 Å². The molecule has 22 heavy (non-hydrogen) atoms. The van der Waals surface area contributed by atoms with Crippen LogP contribution in [-0.2, 0) is 9.53 Å². The number of nitrogens with zero attached hydrogens (tertiary/aromatic N) is 2. The van der Waals surface area contributed by atoms with Crippen LogP contribution in [0, 0.1) is 5.92 Å². The lowest BCUT2D eigenvalue weighted by Gasteiger charge is -2.23. The van der Waals surface area contributed by atoms with E-state index < -0.39 is 11.9 Å². The summed E-state index contributed by atoms with van der Waals surface area (Å²) >= 11 is 0. The summed E-state index contributed by atoms with van der Waals surface area (Å²) in [6.45, 7) is 4.04. The third kappa shape index (κ3) is 5.95. The van der Waals surface area contributed by atoms with Gasteiger partial charge in [0.05, 0.1) is 6.61 Å². The minimum absolute atomic E-state index is 0.184. The molecule has 1 rings (SSSR count). The van der Waals surface area contributed by atoms with E-state index in [1.807, 2.05) is 32.1 Å². The highest BCUT2D eigenvalue weighted by molar-refractivity contribution is 6.08. The highest BCUT2D eigenvalue weighted by atomic mass is 16.5. The lowest BCUT2D eigenvalue weighted by molar-refractivity contribution is -0.146. The molecule has 1 unspecified atom stereocenters. The summed E-state index contributed by atoms with van der Waals surface area (Å²) < 4.78 is 5.08. The number of Topliss-reactive ketones (excluding diaryl/α,β-unsaturated/α-hetero) is 1. The van der Waals surface area contributed by atoms with Crippen molar-refractivity contribution in [1.29, 1.82) is 0 Å². The van der Waals surface area contributed by atoms with Crippen molar-refractivity contribution in [3.63, 3.8) is 0 Å². The molecule has 0 saturated carbocycles. The van der Waals surface area contributed by atoms with Crippen molar-refractivity contribution >= 4 is 11.8 Å². The fraction of sp³-hybridized carbons (Fsp3) is 0.529. The zero-order valence-electron chi connectivity index (χ0n) is 13.9. The number of ether oxygens (including phenoxy) is 1. The number of hydrogen-bond donors (Lipinski definition) is 0. The van der Waals surface area contributed by atoms with E-state index in [0.29, 0.717) is 12.1 Å². The number of carbonyl (C=O) groups excluding carboxylic acids is 2. The van der Waals surface area contributed by atoms with Gasteiger partial charge in [-0.15, -0.1) is 0 Å². The predicted molar refractivity (Wildman–Crippen MR) is 86.9 cm³/mol. The quantitative estimate of drug-likeness (QED) is 0.393. The van der Waals surface area contributed by atoms with Gasteiger partial charge >= 0.3 is 5.97 Å². The first-order valence-corrected chi connectivity index (χ1v) is 7.54. The molecule has 0 aromatic heterocycles. The summed E-state index contributed by atoms with van der Waals surface area (Å²) in [5, 5.41) is 0.